The molecule has 1 aliphatic rings. The zero-order valence-corrected chi connectivity index (χ0v) is 30.1. The van der Waals surface area contributed by atoms with Crippen molar-refractivity contribution < 1.29 is 29.2 Å². The maximum atomic E-state index is 11.9. The molecule has 2 aromatic carbocycles. The minimum absolute atomic E-state index is 0.181. The Hall–Kier alpha value is -5.63. The Bertz CT molecular complexity index is 1890. The molecule has 14 nitrogen and oxygen atoms in total. The maximum Gasteiger partial charge on any atom is 0.407 e. The van der Waals surface area contributed by atoms with Gasteiger partial charge in [-0.3, -0.25) is 0 Å². The van der Waals surface area contributed by atoms with Crippen molar-refractivity contribution >= 4 is 23.4 Å². The minimum Gasteiger partial charge on any atom is -0.497 e. The second-order valence-corrected chi connectivity index (χ2v) is 12.7. The van der Waals surface area contributed by atoms with Crippen LogP contribution >= 0.6 is 0 Å². The fourth-order valence-corrected chi connectivity index (χ4v) is 6.24. The molecule has 2 N–H and O–H groups in total. The van der Waals surface area contributed by atoms with Gasteiger partial charge in [0, 0.05) is 51.0 Å². The highest BCUT2D eigenvalue weighted by Gasteiger charge is 2.26. The summed E-state index contributed by atoms with van der Waals surface area (Å²) in [5, 5.41) is 26.0. The molecule has 0 bridgehead atoms. The third kappa shape index (κ3) is 8.12. The Morgan fingerprint density at radius 1 is 0.904 bits per heavy atom. The highest BCUT2D eigenvalue weighted by Crippen LogP contribution is 2.31. The Morgan fingerprint density at radius 2 is 1.54 bits per heavy atom. The lowest BCUT2D eigenvalue weighted by atomic mass is 10.0. The molecule has 6 rings (SSSR count). The molecule has 1 fully saturated rings. The first kappa shape index (κ1) is 36.2. The van der Waals surface area contributed by atoms with Crippen LogP contribution in [0.15, 0.2) is 67.0 Å². The summed E-state index contributed by atoms with van der Waals surface area (Å²) < 4.78 is 18.5. The van der Waals surface area contributed by atoms with Gasteiger partial charge in [-0.05, 0) is 59.9 Å². The second-order valence-electron chi connectivity index (χ2n) is 12.7. The number of aliphatic hydroxyl groups is 1. The molecular formula is C38H46N8O6. The quantitative estimate of drug-likeness (QED) is 0.135. The van der Waals surface area contributed by atoms with E-state index in [1.165, 1.54) is 4.90 Å². The van der Waals surface area contributed by atoms with Crippen LogP contribution in [0, 0.1) is 0 Å². The molecule has 1 atom stereocenters. The summed E-state index contributed by atoms with van der Waals surface area (Å²) in [6.07, 6.45) is 3.74. The summed E-state index contributed by atoms with van der Waals surface area (Å²) in [6, 6.07) is 17.9. The van der Waals surface area contributed by atoms with Crippen molar-refractivity contribution in [2.75, 3.05) is 56.8 Å². The molecule has 14 heteroatoms. The van der Waals surface area contributed by atoms with Crippen LogP contribution in [0.25, 0.3) is 5.65 Å². The molecule has 1 amide bonds. The summed E-state index contributed by atoms with van der Waals surface area (Å²) in [5.41, 5.74) is 4.53. The number of anilines is 2. The number of unbranched alkanes of at least 4 members (excludes halogenated alkanes) is 1. The first-order valence-electron chi connectivity index (χ1n) is 17.6. The Morgan fingerprint density at radius 3 is 2.10 bits per heavy atom. The zero-order chi connectivity index (χ0) is 36.6. The van der Waals surface area contributed by atoms with Crippen LogP contribution in [0.1, 0.15) is 60.7 Å². The summed E-state index contributed by atoms with van der Waals surface area (Å²) in [7, 11) is 3.29. The number of benzene rings is 2. The fourth-order valence-electron chi connectivity index (χ4n) is 6.24. The SMILES string of the molecule is CCCCOc1nc(N(Cc2ccc(OC)cc2)Cc2ccc(OC)cc2)c2ncc(C(O)c3cnc(N4CCN(C(=O)O)CC4)c(CC)c3)n2n1. The van der Waals surface area contributed by atoms with Gasteiger partial charge in [0.15, 0.2) is 11.5 Å². The van der Waals surface area contributed by atoms with Crippen LogP contribution in [0.3, 0.4) is 0 Å². The molecule has 4 heterocycles. The van der Waals surface area contributed by atoms with E-state index >= 15 is 0 Å². The Labute approximate surface area is 303 Å². The largest absolute Gasteiger partial charge is 0.497 e. The number of aromatic nitrogens is 5. The van der Waals surface area contributed by atoms with E-state index in [-0.39, 0.29) is 6.01 Å². The van der Waals surface area contributed by atoms with Gasteiger partial charge in [-0.2, -0.15) is 4.98 Å². The predicted octanol–water partition coefficient (Wildman–Crippen LogP) is 5.37. The Kier molecular flexibility index (Phi) is 11.5. The van der Waals surface area contributed by atoms with Crippen molar-refractivity contribution in [3.8, 4) is 17.5 Å². The number of ether oxygens (including phenoxy) is 3. The van der Waals surface area contributed by atoms with Crippen LogP contribution in [-0.4, -0.2) is 92.8 Å². The molecule has 52 heavy (non-hydrogen) atoms. The second kappa shape index (κ2) is 16.6. The van der Waals surface area contributed by atoms with Gasteiger partial charge in [0.25, 0.3) is 0 Å². The molecule has 0 radical (unpaired) electrons. The predicted molar refractivity (Wildman–Crippen MR) is 197 cm³/mol. The lowest BCUT2D eigenvalue weighted by Gasteiger charge is -2.35. The number of hydrogen-bond donors (Lipinski definition) is 2. The van der Waals surface area contributed by atoms with Gasteiger partial charge in [-0.25, -0.2) is 19.3 Å². The summed E-state index contributed by atoms with van der Waals surface area (Å²) in [4.78, 5) is 31.5. The van der Waals surface area contributed by atoms with Crippen molar-refractivity contribution in [3.63, 3.8) is 0 Å². The first-order valence-corrected chi connectivity index (χ1v) is 17.6. The number of carboxylic acid groups (broad SMARTS) is 1. The number of fused-ring (bicyclic) bond motifs is 1. The standard InChI is InChI=1S/C38H46N8O6/c1-5-7-20-52-37-41-36(45(24-26-8-12-30(50-3)13-9-26)25-27-10-14-31(51-4)15-11-27)35-40-23-32(46(35)42-37)33(47)29-21-28(6-2)34(39-22-29)43-16-18-44(19-17-43)38(48)49/h8-15,21-23,33,47H,5-7,16-20,24-25H2,1-4H3,(H,48,49). The van der Waals surface area contributed by atoms with E-state index in [2.05, 4.69) is 16.7 Å². The number of carbonyl (C=O) groups is 1. The van der Waals surface area contributed by atoms with Crippen molar-refractivity contribution in [2.24, 2.45) is 0 Å². The molecule has 1 unspecified atom stereocenters. The zero-order valence-electron chi connectivity index (χ0n) is 30.1. The maximum absolute atomic E-state index is 11.9. The van der Waals surface area contributed by atoms with E-state index in [1.807, 2.05) is 61.5 Å². The van der Waals surface area contributed by atoms with Crippen LogP contribution in [0.5, 0.6) is 17.5 Å². The number of methoxy groups -OCH3 is 2. The van der Waals surface area contributed by atoms with Crippen molar-refractivity contribution in [2.45, 2.75) is 52.3 Å². The van der Waals surface area contributed by atoms with Gasteiger partial charge in [0.2, 0.25) is 0 Å². The smallest absolute Gasteiger partial charge is 0.407 e. The fraction of sp³-hybridized carbons (Fsp3) is 0.395. The summed E-state index contributed by atoms with van der Waals surface area (Å²) in [5.74, 6) is 2.88. The number of piperazine rings is 1. The average molecular weight is 711 g/mol. The van der Waals surface area contributed by atoms with E-state index in [0.29, 0.717) is 75.0 Å². The number of amides is 1. The van der Waals surface area contributed by atoms with E-state index < -0.39 is 12.2 Å². The lowest BCUT2D eigenvalue weighted by molar-refractivity contribution is 0.142. The first-order chi connectivity index (χ1) is 25.3. The molecule has 0 aliphatic carbocycles. The molecule has 1 aliphatic heterocycles. The van der Waals surface area contributed by atoms with Crippen LogP contribution in [-0.2, 0) is 19.5 Å². The van der Waals surface area contributed by atoms with E-state index in [1.54, 1.807) is 31.1 Å². The number of imidazole rings is 1. The molecule has 5 aromatic rings. The summed E-state index contributed by atoms with van der Waals surface area (Å²) in [6.45, 7) is 7.47. The van der Waals surface area contributed by atoms with E-state index in [4.69, 9.17) is 34.3 Å². The van der Waals surface area contributed by atoms with Gasteiger partial charge >= 0.3 is 12.1 Å². The lowest BCUT2D eigenvalue weighted by Crippen LogP contribution is -2.48. The molecule has 274 valence electrons. The van der Waals surface area contributed by atoms with Crippen LogP contribution < -0.4 is 24.0 Å². The number of hydrogen-bond acceptors (Lipinski definition) is 11. The third-order valence-electron chi connectivity index (χ3n) is 9.24. The topological polar surface area (TPSA) is 151 Å². The molecule has 0 saturated carbocycles. The number of aliphatic hydroxyl groups excluding tert-OH is 1. The molecule has 3 aromatic heterocycles. The normalized spacial score (nSPS) is 13.6. The summed E-state index contributed by atoms with van der Waals surface area (Å²) >= 11 is 0. The van der Waals surface area contributed by atoms with Crippen molar-refractivity contribution in [1.82, 2.24) is 29.5 Å². The van der Waals surface area contributed by atoms with Crippen LogP contribution in [0.2, 0.25) is 0 Å². The van der Waals surface area contributed by atoms with Gasteiger partial charge in [-0.1, -0.05) is 44.5 Å². The molecule has 0 spiro atoms. The van der Waals surface area contributed by atoms with Crippen molar-refractivity contribution in [1.29, 1.82) is 0 Å². The Balaban J connectivity index is 1.38. The highest BCUT2D eigenvalue weighted by molar-refractivity contribution is 5.66. The number of nitrogens with zero attached hydrogens (tertiary/aromatic N) is 8. The number of rotatable bonds is 15. The highest BCUT2D eigenvalue weighted by atomic mass is 16.5. The molecule has 1 saturated heterocycles. The van der Waals surface area contributed by atoms with Gasteiger partial charge in [-0.15, -0.1) is 5.10 Å². The van der Waals surface area contributed by atoms with Crippen molar-refractivity contribution in [3.05, 3.63) is 94.9 Å². The number of pyridine rings is 1. The van der Waals surface area contributed by atoms with E-state index in [0.717, 1.165) is 46.8 Å². The van der Waals surface area contributed by atoms with E-state index in [9.17, 15) is 15.0 Å². The van der Waals surface area contributed by atoms with Gasteiger partial charge in [0.1, 0.15) is 23.4 Å². The van der Waals surface area contributed by atoms with Gasteiger partial charge in [0.05, 0.1) is 32.7 Å². The number of aryl methyl sites for hydroxylation is 1. The minimum atomic E-state index is -1.10. The third-order valence-corrected chi connectivity index (χ3v) is 9.24. The van der Waals surface area contributed by atoms with Crippen LogP contribution in [0.4, 0.5) is 16.4 Å². The molecular weight excluding hydrogens is 664 g/mol. The monoisotopic (exact) mass is 710 g/mol. The van der Waals surface area contributed by atoms with Gasteiger partial charge < -0.3 is 39.1 Å². The average Bonchev–Trinajstić information content (AvgIpc) is 3.61.